The van der Waals surface area contributed by atoms with Gasteiger partial charge in [0.1, 0.15) is 5.56 Å². The number of likely N-dealkylation sites (tertiary alicyclic amines) is 1. The van der Waals surface area contributed by atoms with Crippen LogP contribution in [-0.2, 0) is 4.79 Å². The zero-order chi connectivity index (χ0) is 20.1. The van der Waals surface area contributed by atoms with Gasteiger partial charge in [0.2, 0.25) is 5.91 Å². The fraction of sp³-hybridized carbons (Fsp3) is 0.409. The number of aromatic nitrogens is 1. The number of aromatic amines is 1. The summed E-state index contributed by atoms with van der Waals surface area (Å²) in [6.45, 7) is 1.25. The number of amides is 2. The molecule has 28 heavy (non-hydrogen) atoms. The molecule has 1 saturated heterocycles. The van der Waals surface area contributed by atoms with Gasteiger partial charge in [0, 0.05) is 39.3 Å². The van der Waals surface area contributed by atoms with Crippen LogP contribution in [0.1, 0.15) is 36.0 Å². The van der Waals surface area contributed by atoms with Crippen LogP contribution in [0.5, 0.6) is 0 Å². The predicted octanol–water partition coefficient (Wildman–Crippen LogP) is 2.76. The van der Waals surface area contributed by atoms with E-state index in [1.54, 1.807) is 36.0 Å². The SMILES string of the molecule is CN(C)C(=O)CCC1CCCN(C(=O)c2ccc(-c3ccccc3)[nH]c2=O)C1. The molecule has 0 saturated carbocycles. The van der Waals surface area contributed by atoms with Crippen LogP contribution in [0.25, 0.3) is 11.3 Å². The summed E-state index contributed by atoms with van der Waals surface area (Å²) in [6, 6.07) is 12.9. The number of pyridine rings is 1. The number of H-pyrrole nitrogens is 1. The van der Waals surface area contributed by atoms with Crippen LogP contribution in [0.15, 0.2) is 47.3 Å². The molecule has 1 aliphatic rings. The van der Waals surface area contributed by atoms with Gasteiger partial charge in [-0.15, -0.1) is 0 Å². The largest absolute Gasteiger partial charge is 0.349 e. The second-order valence-corrected chi connectivity index (χ2v) is 7.57. The molecule has 1 aliphatic heterocycles. The summed E-state index contributed by atoms with van der Waals surface area (Å²) >= 11 is 0. The number of nitrogens with zero attached hydrogens (tertiary/aromatic N) is 2. The van der Waals surface area contributed by atoms with E-state index in [2.05, 4.69) is 4.98 Å². The minimum atomic E-state index is -0.365. The predicted molar refractivity (Wildman–Crippen MR) is 109 cm³/mol. The van der Waals surface area contributed by atoms with Gasteiger partial charge in [-0.2, -0.15) is 0 Å². The lowest BCUT2D eigenvalue weighted by Gasteiger charge is -2.32. The van der Waals surface area contributed by atoms with Crippen molar-refractivity contribution in [1.82, 2.24) is 14.8 Å². The normalized spacial score (nSPS) is 16.6. The van der Waals surface area contributed by atoms with Crippen molar-refractivity contribution in [2.24, 2.45) is 5.92 Å². The van der Waals surface area contributed by atoms with Gasteiger partial charge in [0.15, 0.2) is 0 Å². The zero-order valence-electron chi connectivity index (χ0n) is 16.5. The van der Waals surface area contributed by atoms with Crippen LogP contribution in [0, 0.1) is 5.92 Å². The smallest absolute Gasteiger partial charge is 0.261 e. The number of hydrogen-bond donors (Lipinski definition) is 1. The van der Waals surface area contributed by atoms with Crippen molar-refractivity contribution < 1.29 is 9.59 Å². The monoisotopic (exact) mass is 381 g/mol. The lowest BCUT2D eigenvalue weighted by molar-refractivity contribution is -0.129. The zero-order valence-corrected chi connectivity index (χ0v) is 16.5. The summed E-state index contributed by atoms with van der Waals surface area (Å²) in [5.74, 6) is 0.171. The average Bonchev–Trinajstić information content (AvgIpc) is 2.72. The minimum absolute atomic E-state index is 0.108. The first-order chi connectivity index (χ1) is 13.5. The molecule has 0 aliphatic carbocycles. The Kier molecular flexibility index (Phi) is 6.29. The topological polar surface area (TPSA) is 73.5 Å². The number of carbonyl (C=O) groups is 2. The molecule has 1 atom stereocenters. The third kappa shape index (κ3) is 4.68. The lowest BCUT2D eigenvalue weighted by Crippen LogP contribution is -2.42. The van der Waals surface area contributed by atoms with Crippen molar-refractivity contribution in [2.45, 2.75) is 25.7 Å². The van der Waals surface area contributed by atoms with Crippen LogP contribution < -0.4 is 5.56 Å². The maximum atomic E-state index is 12.9. The first kappa shape index (κ1) is 19.9. The second-order valence-electron chi connectivity index (χ2n) is 7.57. The molecule has 2 heterocycles. The van der Waals surface area contributed by atoms with Gasteiger partial charge in [0.25, 0.3) is 11.5 Å². The standard InChI is InChI=1S/C22H27N3O3/c1-24(2)20(26)13-10-16-7-6-14-25(15-16)22(28)18-11-12-19(23-21(18)27)17-8-4-3-5-9-17/h3-5,8-9,11-12,16H,6-7,10,13-15H2,1-2H3,(H,23,27). The highest BCUT2D eigenvalue weighted by atomic mass is 16.2. The Hall–Kier alpha value is -2.89. The van der Waals surface area contributed by atoms with Gasteiger partial charge in [-0.25, -0.2) is 0 Å². The van der Waals surface area contributed by atoms with Gasteiger partial charge in [0.05, 0.1) is 0 Å². The molecule has 6 nitrogen and oxygen atoms in total. The fourth-order valence-electron chi connectivity index (χ4n) is 3.63. The van der Waals surface area contributed by atoms with Crippen LogP contribution >= 0.6 is 0 Å². The van der Waals surface area contributed by atoms with E-state index >= 15 is 0 Å². The Labute approximate surface area is 165 Å². The number of hydrogen-bond acceptors (Lipinski definition) is 3. The summed E-state index contributed by atoms with van der Waals surface area (Å²) in [7, 11) is 3.51. The van der Waals surface area contributed by atoms with Crippen molar-refractivity contribution in [3.8, 4) is 11.3 Å². The third-order valence-electron chi connectivity index (χ3n) is 5.30. The molecule has 1 aromatic heterocycles. The van der Waals surface area contributed by atoms with Gasteiger partial charge >= 0.3 is 0 Å². The second kappa shape index (κ2) is 8.87. The molecule has 0 spiro atoms. The summed E-state index contributed by atoms with van der Waals surface area (Å²) in [5, 5.41) is 0. The molecule has 148 valence electrons. The van der Waals surface area contributed by atoms with Crippen LogP contribution in [0.2, 0.25) is 0 Å². The van der Waals surface area contributed by atoms with Crippen molar-refractivity contribution in [1.29, 1.82) is 0 Å². The Bertz CT molecular complexity index is 889. The van der Waals surface area contributed by atoms with E-state index in [9.17, 15) is 14.4 Å². The number of benzene rings is 1. The van der Waals surface area contributed by atoms with Gasteiger partial charge in [-0.3, -0.25) is 14.4 Å². The van der Waals surface area contributed by atoms with Gasteiger partial charge in [-0.1, -0.05) is 30.3 Å². The Balaban J connectivity index is 1.68. The molecule has 1 aromatic carbocycles. The van der Waals surface area contributed by atoms with E-state index in [4.69, 9.17) is 0 Å². The van der Waals surface area contributed by atoms with Crippen LogP contribution in [0.3, 0.4) is 0 Å². The highest BCUT2D eigenvalue weighted by molar-refractivity contribution is 5.94. The average molecular weight is 381 g/mol. The summed E-state index contributed by atoms with van der Waals surface area (Å²) < 4.78 is 0. The molecule has 0 bridgehead atoms. The fourth-order valence-corrected chi connectivity index (χ4v) is 3.63. The van der Waals surface area contributed by atoms with Crippen molar-refractivity contribution in [2.75, 3.05) is 27.2 Å². The van der Waals surface area contributed by atoms with E-state index in [0.717, 1.165) is 24.8 Å². The molecule has 6 heteroatoms. The maximum absolute atomic E-state index is 12.9. The third-order valence-corrected chi connectivity index (χ3v) is 5.30. The Morgan fingerprint density at radius 3 is 2.57 bits per heavy atom. The van der Waals surface area contributed by atoms with E-state index < -0.39 is 0 Å². The number of piperidine rings is 1. The summed E-state index contributed by atoms with van der Waals surface area (Å²) in [5.41, 5.74) is 1.41. The Morgan fingerprint density at radius 2 is 1.89 bits per heavy atom. The quantitative estimate of drug-likeness (QED) is 0.865. The highest BCUT2D eigenvalue weighted by Crippen LogP contribution is 2.23. The number of nitrogens with one attached hydrogen (secondary N) is 1. The molecule has 1 fully saturated rings. The molecule has 2 amide bonds. The van der Waals surface area contributed by atoms with Gasteiger partial charge < -0.3 is 14.8 Å². The van der Waals surface area contributed by atoms with Crippen molar-refractivity contribution in [3.63, 3.8) is 0 Å². The molecule has 2 aromatic rings. The van der Waals surface area contributed by atoms with Crippen LogP contribution in [0.4, 0.5) is 0 Å². The van der Waals surface area contributed by atoms with E-state index in [1.807, 2.05) is 30.3 Å². The van der Waals surface area contributed by atoms with Crippen LogP contribution in [-0.4, -0.2) is 53.8 Å². The minimum Gasteiger partial charge on any atom is -0.349 e. The highest BCUT2D eigenvalue weighted by Gasteiger charge is 2.26. The van der Waals surface area contributed by atoms with Gasteiger partial charge in [-0.05, 0) is 42.9 Å². The maximum Gasteiger partial charge on any atom is 0.261 e. The molecular weight excluding hydrogens is 354 g/mol. The summed E-state index contributed by atoms with van der Waals surface area (Å²) in [4.78, 5) is 43.4. The molecule has 1 N–H and O–H groups in total. The van der Waals surface area contributed by atoms with Crippen molar-refractivity contribution in [3.05, 3.63) is 58.4 Å². The molecule has 3 rings (SSSR count). The van der Waals surface area contributed by atoms with E-state index in [-0.39, 0.29) is 22.9 Å². The number of carbonyl (C=O) groups excluding carboxylic acids is 2. The lowest BCUT2D eigenvalue weighted by atomic mass is 9.92. The van der Waals surface area contributed by atoms with E-state index in [0.29, 0.717) is 31.1 Å². The van der Waals surface area contributed by atoms with E-state index in [1.165, 1.54) is 0 Å². The molecule has 0 radical (unpaired) electrons. The van der Waals surface area contributed by atoms with Crippen molar-refractivity contribution >= 4 is 11.8 Å². The first-order valence-electron chi connectivity index (χ1n) is 9.74. The number of rotatable bonds is 5. The summed E-state index contributed by atoms with van der Waals surface area (Å²) in [6.07, 6.45) is 3.16. The Morgan fingerprint density at radius 1 is 1.14 bits per heavy atom. The first-order valence-corrected chi connectivity index (χ1v) is 9.74. The molecule has 1 unspecified atom stereocenters. The molecular formula is C22H27N3O3.